The fourth-order valence-electron chi connectivity index (χ4n) is 3.39. The van der Waals surface area contributed by atoms with Crippen LogP contribution in [0.25, 0.3) is 6.08 Å². The molecule has 1 aromatic carbocycles. The molecule has 1 aliphatic heterocycles. The monoisotopic (exact) mass is 402 g/mol. The zero-order valence-corrected chi connectivity index (χ0v) is 15.8. The average Bonchev–Trinajstić information content (AvgIpc) is 2.93. The van der Waals surface area contributed by atoms with Crippen LogP contribution in [0, 0.1) is 5.92 Å². The van der Waals surface area contributed by atoms with Gasteiger partial charge in [-0.05, 0) is 42.4 Å². The first-order valence-electron chi connectivity index (χ1n) is 8.26. The van der Waals surface area contributed by atoms with Crippen molar-refractivity contribution in [2.75, 3.05) is 5.32 Å². The van der Waals surface area contributed by atoms with E-state index in [0.29, 0.717) is 5.92 Å². The van der Waals surface area contributed by atoms with Gasteiger partial charge in [-0.1, -0.05) is 53.2 Å². The van der Waals surface area contributed by atoms with Crippen LogP contribution in [0.2, 0.25) is 0 Å². The third-order valence-electron chi connectivity index (χ3n) is 4.67. The summed E-state index contributed by atoms with van der Waals surface area (Å²) in [4.78, 5) is 14.1. The molecule has 5 heteroatoms. The van der Waals surface area contributed by atoms with Gasteiger partial charge >= 0.3 is 0 Å². The molecule has 2 N–H and O–H groups in total. The largest absolute Gasteiger partial charge is 0.352 e. The molecule has 2 heterocycles. The van der Waals surface area contributed by atoms with E-state index in [0.717, 1.165) is 33.5 Å². The van der Waals surface area contributed by atoms with Gasteiger partial charge in [0.15, 0.2) is 0 Å². The fourth-order valence-corrected chi connectivity index (χ4v) is 5.32. The molecule has 0 spiro atoms. The Balaban J connectivity index is 1.63. The molecular formula is C19H19BrN2OS. The van der Waals surface area contributed by atoms with E-state index in [2.05, 4.69) is 33.5 Å². The Morgan fingerprint density at radius 1 is 1.29 bits per heavy atom. The summed E-state index contributed by atoms with van der Waals surface area (Å²) in [6.45, 7) is 2.29. The second-order valence-electron chi connectivity index (χ2n) is 6.55. The molecule has 0 saturated carbocycles. The number of anilines is 1. The Labute approximate surface area is 154 Å². The predicted molar refractivity (Wildman–Crippen MR) is 104 cm³/mol. The van der Waals surface area contributed by atoms with Crippen LogP contribution in [0.3, 0.4) is 0 Å². The summed E-state index contributed by atoms with van der Waals surface area (Å²) in [5.74, 6) is 0.750. The first-order valence-corrected chi connectivity index (χ1v) is 9.87. The van der Waals surface area contributed by atoms with Crippen LogP contribution in [-0.2, 0) is 12.8 Å². The first kappa shape index (κ1) is 15.9. The lowest BCUT2D eigenvalue weighted by molar-refractivity contribution is 0.0942. The van der Waals surface area contributed by atoms with Crippen LogP contribution in [0.1, 0.15) is 39.7 Å². The Morgan fingerprint density at radius 2 is 2.08 bits per heavy atom. The van der Waals surface area contributed by atoms with E-state index in [4.69, 9.17) is 0 Å². The number of amides is 1. The Hall–Kier alpha value is -1.59. The Kier molecular flexibility index (Phi) is 4.22. The van der Waals surface area contributed by atoms with E-state index in [-0.39, 0.29) is 12.1 Å². The SMILES string of the molecule is CC1CCc2c(sc3c2C(=O)NC(C(Br)=Cc2ccccc2)N3)C1. The molecule has 0 radical (unpaired) electrons. The highest BCUT2D eigenvalue weighted by Crippen LogP contribution is 2.41. The van der Waals surface area contributed by atoms with E-state index in [9.17, 15) is 4.79 Å². The third kappa shape index (κ3) is 2.91. The van der Waals surface area contributed by atoms with Gasteiger partial charge in [-0.3, -0.25) is 4.79 Å². The topological polar surface area (TPSA) is 41.1 Å². The van der Waals surface area contributed by atoms with Crippen molar-refractivity contribution < 1.29 is 4.79 Å². The lowest BCUT2D eigenvalue weighted by Gasteiger charge is -2.26. The number of halogens is 1. The summed E-state index contributed by atoms with van der Waals surface area (Å²) < 4.78 is 0.924. The molecule has 1 amide bonds. The van der Waals surface area contributed by atoms with Gasteiger partial charge in [-0.25, -0.2) is 0 Å². The quantitative estimate of drug-likeness (QED) is 0.757. The Morgan fingerprint density at radius 3 is 2.88 bits per heavy atom. The maximum Gasteiger partial charge on any atom is 0.256 e. The molecule has 24 heavy (non-hydrogen) atoms. The van der Waals surface area contributed by atoms with Crippen molar-refractivity contribution >= 4 is 44.3 Å². The molecule has 2 unspecified atom stereocenters. The van der Waals surface area contributed by atoms with Gasteiger partial charge in [0, 0.05) is 9.36 Å². The number of nitrogens with one attached hydrogen (secondary N) is 2. The molecule has 2 aliphatic rings. The van der Waals surface area contributed by atoms with Gasteiger partial charge in [0.05, 0.1) is 5.56 Å². The number of thiophene rings is 1. The lowest BCUT2D eigenvalue weighted by Crippen LogP contribution is -2.45. The van der Waals surface area contributed by atoms with Crippen molar-refractivity contribution in [3.8, 4) is 0 Å². The molecule has 4 rings (SSSR count). The van der Waals surface area contributed by atoms with Crippen LogP contribution < -0.4 is 10.6 Å². The zero-order chi connectivity index (χ0) is 16.7. The number of fused-ring (bicyclic) bond motifs is 3. The highest BCUT2D eigenvalue weighted by atomic mass is 79.9. The molecule has 2 atom stereocenters. The predicted octanol–water partition coefficient (Wildman–Crippen LogP) is 4.79. The van der Waals surface area contributed by atoms with E-state index < -0.39 is 0 Å². The molecule has 124 valence electrons. The van der Waals surface area contributed by atoms with Crippen LogP contribution in [0.15, 0.2) is 34.8 Å². The Bertz CT molecular complexity index is 812. The number of hydrogen-bond donors (Lipinski definition) is 2. The lowest BCUT2D eigenvalue weighted by atomic mass is 9.88. The zero-order valence-electron chi connectivity index (χ0n) is 13.4. The maximum atomic E-state index is 12.7. The molecule has 1 aromatic heterocycles. The molecule has 0 saturated heterocycles. The van der Waals surface area contributed by atoms with Crippen LogP contribution in [0.4, 0.5) is 5.00 Å². The highest BCUT2D eigenvalue weighted by Gasteiger charge is 2.33. The minimum atomic E-state index is -0.220. The van der Waals surface area contributed by atoms with E-state index in [1.165, 1.54) is 16.9 Å². The average molecular weight is 403 g/mol. The molecule has 3 nitrogen and oxygen atoms in total. The van der Waals surface area contributed by atoms with Crippen LogP contribution in [0.5, 0.6) is 0 Å². The second-order valence-corrected chi connectivity index (χ2v) is 8.57. The van der Waals surface area contributed by atoms with Crippen molar-refractivity contribution in [3.05, 3.63) is 56.4 Å². The van der Waals surface area contributed by atoms with Gasteiger partial charge in [0.25, 0.3) is 5.91 Å². The number of benzene rings is 1. The highest BCUT2D eigenvalue weighted by molar-refractivity contribution is 9.11. The summed E-state index contributed by atoms with van der Waals surface area (Å²) >= 11 is 5.38. The van der Waals surface area contributed by atoms with Gasteiger partial charge < -0.3 is 10.6 Å². The first-order chi connectivity index (χ1) is 11.6. The van der Waals surface area contributed by atoms with E-state index in [1.807, 2.05) is 36.4 Å². The van der Waals surface area contributed by atoms with E-state index >= 15 is 0 Å². The maximum absolute atomic E-state index is 12.7. The number of hydrogen-bond acceptors (Lipinski definition) is 3. The molecule has 2 aromatic rings. The summed E-state index contributed by atoms with van der Waals surface area (Å²) in [5.41, 5.74) is 3.24. The second kappa shape index (κ2) is 6.37. The van der Waals surface area contributed by atoms with Crippen LogP contribution in [-0.4, -0.2) is 12.1 Å². The van der Waals surface area contributed by atoms with Crippen molar-refractivity contribution in [1.29, 1.82) is 0 Å². The number of rotatable bonds is 2. The summed E-state index contributed by atoms with van der Waals surface area (Å²) in [7, 11) is 0. The van der Waals surface area contributed by atoms with Crippen LogP contribution >= 0.6 is 27.3 Å². The normalized spacial score (nSPS) is 23.1. The summed E-state index contributed by atoms with van der Waals surface area (Å²) in [5, 5.41) is 7.59. The number of carbonyl (C=O) groups is 1. The summed E-state index contributed by atoms with van der Waals surface area (Å²) in [6, 6.07) is 10.1. The van der Waals surface area contributed by atoms with Gasteiger partial charge in [0.1, 0.15) is 11.2 Å². The molecular weight excluding hydrogens is 384 g/mol. The smallest absolute Gasteiger partial charge is 0.256 e. The van der Waals surface area contributed by atoms with Crippen molar-refractivity contribution in [2.24, 2.45) is 5.92 Å². The van der Waals surface area contributed by atoms with Gasteiger partial charge in [-0.15, -0.1) is 11.3 Å². The molecule has 0 fully saturated rings. The fraction of sp³-hybridized carbons (Fsp3) is 0.316. The van der Waals surface area contributed by atoms with Crippen molar-refractivity contribution in [1.82, 2.24) is 5.32 Å². The minimum Gasteiger partial charge on any atom is -0.352 e. The van der Waals surface area contributed by atoms with E-state index in [1.54, 1.807) is 11.3 Å². The van der Waals surface area contributed by atoms with Crippen molar-refractivity contribution in [3.63, 3.8) is 0 Å². The molecule has 0 bridgehead atoms. The summed E-state index contributed by atoms with van der Waals surface area (Å²) in [6.07, 6.45) is 5.10. The minimum absolute atomic E-state index is 0.0409. The van der Waals surface area contributed by atoms with Gasteiger partial charge in [-0.2, -0.15) is 0 Å². The van der Waals surface area contributed by atoms with Gasteiger partial charge in [0.2, 0.25) is 0 Å². The third-order valence-corrected chi connectivity index (χ3v) is 6.54. The molecule has 1 aliphatic carbocycles. The van der Waals surface area contributed by atoms with Crippen molar-refractivity contribution in [2.45, 2.75) is 32.4 Å². The standard InChI is InChI=1S/C19H19BrN2OS/c1-11-7-8-13-15(9-11)24-19-16(13)18(23)21-17(22-19)14(20)10-12-5-3-2-4-6-12/h2-6,10-11,17,22H,7-9H2,1H3,(H,21,23). The number of carbonyl (C=O) groups excluding carboxylic acids is 1.